The highest BCUT2D eigenvalue weighted by atomic mass is 16.5. The minimum absolute atomic E-state index is 0.00505. The number of aromatic nitrogens is 1. The number of nitrogens with zero attached hydrogens (tertiary/aromatic N) is 3. The van der Waals surface area contributed by atoms with Crippen LogP contribution in [0.1, 0.15) is 30.4 Å². The lowest BCUT2D eigenvalue weighted by atomic mass is 10.0. The molecule has 6 nitrogen and oxygen atoms in total. The number of amides is 1. The Bertz CT molecular complexity index is 1070. The molecule has 6 heteroatoms. The Kier molecular flexibility index (Phi) is 7.92. The van der Waals surface area contributed by atoms with Gasteiger partial charge in [-0.05, 0) is 62.8 Å². The molecule has 1 aliphatic rings. The number of para-hydroxylation sites is 1. The second kappa shape index (κ2) is 11.3. The van der Waals surface area contributed by atoms with Crippen molar-refractivity contribution in [2.75, 3.05) is 33.8 Å². The van der Waals surface area contributed by atoms with Crippen LogP contribution in [0, 0.1) is 0 Å². The van der Waals surface area contributed by atoms with Crippen LogP contribution in [0.3, 0.4) is 0 Å². The van der Waals surface area contributed by atoms with E-state index in [9.17, 15) is 4.79 Å². The van der Waals surface area contributed by atoms with Gasteiger partial charge in [0.25, 0.3) is 0 Å². The summed E-state index contributed by atoms with van der Waals surface area (Å²) in [4.78, 5) is 21.4. The van der Waals surface area contributed by atoms with Gasteiger partial charge in [0.2, 0.25) is 5.91 Å². The van der Waals surface area contributed by atoms with Gasteiger partial charge >= 0.3 is 0 Å². The van der Waals surface area contributed by atoms with Gasteiger partial charge < -0.3 is 10.1 Å². The highest BCUT2D eigenvalue weighted by Gasteiger charge is 2.25. The average molecular weight is 447 g/mol. The Balaban J connectivity index is 1.26. The number of nitrogens with one attached hydrogen (secondary N) is 1. The Hall–Kier alpha value is -2.96. The Morgan fingerprint density at radius 2 is 2.00 bits per heavy atom. The van der Waals surface area contributed by atoms with Crippen molar-refractivity contribution in [3.63, 3.8) is 0 Å². The number of ether oxygens (including phenoxy) is 1. The third-order valence-corrected chi connectivity index (χ3v) is 6.25. The van der Waals surface area contributed by atoms with Crippen LogP contribution in [0.15, 0.2) is 60.8 Å². The van der Waals surface area contributed by atoms with E-state index >= 15 is 0 Å². The number of piperidine rings is 1. The molecule has 1 fully saturated rings. The maximum absolute atomic E-state index is 12.4. The van der Waals surface area contributed by atoms with E-state index in [1.807, 2.05) is 31.4 Å². The van der Waals surface area contributed by atoms with Gasteiger partial charge in [0, 0.05) is 24.7 Å². The van der Waals surface area contributed by atoms with Crippen molar-refractivity contribution < 1.29 is 9.53 Å². The smallest absolute Gasteiger partial charge is 0.237 e. The van der Waals surface area contributed by atoms with Gasteiger partial charge in [-0.2, -0.15) is 0 Å². The number of carbonyl (C=O) groups is 1. The van der Waals surface area contributed by atoms with Crippen LogP contribution in [0.4, 0.5) is 0 Å². The van der Waals surface area contributed by atoms with E-state index in [-0.39, 0.29) is 11.9 Å². The fourth-order valence-corrected chi connectivity index (χ4v) is 4.55. The summed E-state index contributed by atoms with van der Waals surface area (Å²) >= 11 is 0. The van der Waals surface area contributed by atoms with Crippen molar-refractivity contribution >= 4 is 16.8 Å². The van der Waals surface area contributed by atoms with E-state index in [1.54, 1.807) is 0 Å². The molecular formula is C27H34N4O2. The number of rotatable bonds is 9. The second-order valence-electron chi connectivity index (χ2n) is 8.94. The quantitative estimate of drug-likeness (QED) is 0.506. The molecule has 2 aromatic carbocycles. The molecule has 1 saturated heterocycles. The van der Waals surface area contributed by atoms with E-state index in [1.165, 1.54) is 22.9 Å². The fraction of sp³-hybridized carbons (Fsp3) is 0.407. The summed E-state index contributed by atoms with van der Waals surface area (Å²) in [6, 6.07) is 18.6. The van der Waals surface area contributed by atoms with E-state index in [0.29, 0.717) is 13.2 Å². The summed E-state index contributed by atoms with van der Waals surface area (Å²) in [5.74, 6) is 0.941. The zero-order valence-electron chi connectivity index (χ0n) is 19.7. The van der Waals surface area contributed by atoms with Crippen LogP contribution in [0.25, 0.3) is 10.9 Å². The van der Waals surface area contributed by atoms with Crippen molar-refractivity contribution in [2.24, 2.45) is 0 Å². The summed E-state index contributed by atoms with van der Waals surface area (Å²) < 4.78 is 5.91. The molecule has 0 spiro atoms. The van der Waals surface area contributed by atoms with Crippen LogP contribution < -0.4 is 10.1 Å². The molecule has 0 radical (unpaired) electrons. The number of benzene rings is 2. The number of fused-ring (bicyclic) bond motifs is 1. The SMILES string of the molecule is CN(Cc1cccc(OCCNC(=O)[C@H]2CCCCN2C)c1)Cc1cccc2cccnc12. The van der Waals surface area contributed by atoms with Crippen molar-refractivity contribution in [3.8, 4) is 5.75 Å². The zero-order chi connectivity index (χ0) is 23.0. The number of hydrogen-bond acceptors (Lipinski definition) is 5. The van der Waals surface area contributed by atoms with Gasteiger partial charge in [-0.3, -0.25) is 19.6 Å². The molecule has 0 aliphatic carbocycles. The summed E-state index contributed by atoms with van der Waals surface area (Å²) in [6.07, 6.45) is 5.08. The van der Waals surface area contributed by atoms with Gasteiger partial charge in [-0.15, -0.1) is 0 Å². The lowest BCUT2D eigenvalue weighted by Crippen LogP contribution is -2.48. The maximum Gasteiger partial charge on any atom is 0.237 e. The van der Waals surface area contributed by atoms with E-state index in [4.69, 9.17) is 4.74 Å². The lowest BCUT2D eigenvalue weighted by Gasteiger charge is -2.31. The zero-order valence-corrected chi connectivity index (χ0v) is 19.7. The molecule has 0 bridgehead atoms. The molecule has 2 heterocycles. The van der Waals surface area contributed by atoms with Crippen LogP contribution in [-0.2, 0) is 17.9 Å². The van der Waals surface area contributed by atoms with Gasteiger partial charge in [0.1, 0.15) is 12.4 Å². The molecule has 1 amide bonds. The summed E-state index contributed by atoms with van der Waals surface area (Å²) in [6.45, 7) is 3.60. The first kappa shape index (κ1) is 23.2. The molecular weight excluding hydrogens is 412 g/mol. The summed E-state index contributed by atoms with van der Waals surface area (Å²) in [7, 11) is 4.15. The molecule has 4 rings (SSSR count). The summed E-state index contributed by atoms with van der Waals surface area (Å²) in [5, 5.41) is 4.19. The minimum Gasteiger partial charge on any atom is -0.492 e. The predicted molar refractivity (Wildman–Crippen MR) is 132 cm³/mol. The van der Waals surface area contributed by atoms with E-state index < -0.39 is 0 Å². The Morgan fingerprint density at radius 3 is 2.88 bits per heavy atom. The van der Waals surface area contributed by atoms with Crippen LogP contribution in [-0.4, -0.2) is 60.5 Å². The highest BCUT2D eigenvalue weighted by Crippen LogP contribution is 2.20. The molecule has 1 aliphatic heterocycles. The third-order valence-electron chi connectivity index (χ3n) is 6.25. The van der Waals surface area contributed by atoms with Crippen molar-refractivity contribution in [3.05, 3.63) is 71.9 Å². The number of carbonyl (C=O) groups excluding carboxylic acids is 1. The largest absolute Gasteiger partial charge is 0.492 e. The van der Waals surface area contributed by atoms with E-state index in [0.717, 1.165) is 43.7 Å². The first-order chi connectivity index (χ1) is 16.1. The third kappa shape index (κ3) is 6.30. The Labute approximate surface area is 196 Å². The van der Waals surface area contributed by atoms with Gasteiger partial charge in [-0.25, -0.2) is 0 Å². The van der Waals surface area contributed by atoms with Crippen LogP contribution in [0.5, 0.6) is 5.75 Å². The van der Waals surface area contributed by atoms with Crippen LogP contribution >= 0.6 is 0 Å². The van der Waals surface area contributed by atoms with Gasteiger partial charge in [0.15, 0.2) is 0 Å². The van der Waals surface area contributed by atoms with Crippen molar-refractivity contribution in [1.82, 2.24) is 20.1 Å². The van der Waals surface area contributed by atoms with Gasteiger partial charge in [0.05, 0.1) is 18.1 Å². The average Bonchev–Trinajstić information content (AvgIpc) is 2.82. The first-order valence-electron chi connectivity index (χ1n) is 11.8. The fourth-order valence-electron chi connectivity index (χ4n) is 4.55. The molecule has 0 saturated carbocycles. The number of likely N-dealkylation sites (tertiary alicyclic amines) is 1. The minimum atomic E-state index is -0.00505. The number of hydrogen-bond donors (Lipinski definition) is 1. The molecule has 174 valence electrons. The lowest BCUT2D eigenvalue weighted by molar-refractivity contribution is -0.127. The molecule has 1 N–H and O–H groups in total. The maximum atomic E-state index is 12.4. The second-order valence-corrected chi connectivity index (χ2v) is 8.94. The molecule has 0 unspecified atom stereocenters. The predicted octanol–water partition coefficient (Wildman–Crippen LogP) is 3.85. The summed E-state index contributed by atoms with van der Waals surface area (Å²) in [5.41, 5.74) is 3.48. The molecule has 1 aromatic heterocycles. The van der Waals surface area contributed by atoms with Crippen molar-refractivity contribution in [2.45, 2.75) is 38.4 Å². The Morgan fingerprint density at radius 1 is 1.15 bits per heavy atom. The standard InChI is InChI=1S/C27H34N4O2/c1-30(20-23-10-6-9-22-11-7-14-28-26(22)23)19-21-8-5-12-24(18-21)33-17-15-29-27(32)25-13-3-4-16-31(25)2/h5-12,14,18,25H,3-4,13,15-17,19-20H2,1-2H3,(H,29,32)/t25-/m1/s1. The van der Waals surface area contributed by atoms with E-state index in [2.05, 4.69) is 63.5 Å². The highest BCUT2D eigenvalue weighted by molar-refractivity contribution is 5.82. The van der Waals surface area contributed by atoms with Gasteiger partial charge in [-0.1, -0.05) is 42.8 Å². The molecule has 1 atom stereocenters. The normalized spacial score (nSPS) is 16.8. The molecule has 33 heavy (non-hydrogen) atoms. The topological polar surface area (TPSA) is 57.7 Å². The number of likely N-dealkylation sites (N-methyl/N-ethyl adjacent to an activating group) is 1. The van der Waals surface area contributed by atoms with Crippen LogP contribution in [0.2, 0.25) is 0 Å². The number of pyridine rings is 1. The monoisotopic (exact) mass is 446 g/mol. The molecule has 3 aromatic rings. The first-order valence-corrected chi connectivity index (χ1v) is 11.8. The van der Waals surface area contributed by atoms with Crippen molar-refractivity contribution in [1.29, 1.82) is 0 Å².